The SMILES string of the molecule is Clc1cccc(Cl)c1N1Cc2ccccc2C=N1. The second-order valence-electron chi connectivity index (χ2n) is 4.07. The molecule has 3 rings (SSSR count). The van der Waals surface area contributed by atoms with Crippen LogP contribution in [0, 0.1) is 0 Å². The van der Waals surface area contributed by atoms with E-state index in [9.17, 15) is 0 Å². The van der Waals surface area contributed by atoms with Crippen LogP contribution >= 0.6 is 23.2 Å². The summed E-state index contributed by atoms with van der Waals surface area (Å²) in [5, 5.41) is 7.45. The van der Waals surface area contributed by atoms with Crippen molar-refractivity contribution in [1.82, 2.24) is 0 Å². The van der Waals surface area contributed by atoms with Crippen molar-refractivity contribution in [2.75, 3.05) is 5.01 Å². The van der Waals surface area contributed by atoms with Gasteiger partial charge in [-0.05, 0) is 23.3 Å². The lowest BCUT2D eigenvalue weighted by atomic mass is 10.1. The van der Waals surface area contributed by atoms with Gasteiger partial charge in [0.2, 0.25) is 0 Å². The zero-order chi connectivity index (χ0) is 12.5. The number of halogens is 2. The minimum atomic E-state index is 0.610. The van der Waals surface area contributed by atoms with Gasteiger partial charge in [-0.25, -0.2) is 0 Å². The summed E-state index contributed by atoms with van der Waals surface area (Å²) < 4.78 is 0. The molecule has 0 aliphatic carbocycles. The maximum absolute atomic E-state index is 6.19. The number of fused-ring (bicyclic) bond motifs is 1. The van der Waals surface area contributed by atoms with E-state index in [4.69, 9.17) is 23.2 Å². The van der Waals surface area contributed by atoms with Crippen molar-refractivity contribution < 1.29 is 0 Å². The normalized spacial score (nSPS) is 13.6. The first-order valence-electron chi connectivity index (χ1n) is 5.59. The number of benzene rings is 2. The molecule has 0 unspecified atom stereocenters. The smallest absolute Gasteiger partial charge is 0.0970 e. The summed E-state index contributed by atoms with van der Waals surface area (Å²) in [5.74, 6) is 0. The van der Waals surface area contributed by atoms with Gasteiger partial charge in [0, 0.05) is 0 Å². The maximum atomic E-state index is 6.19. The average molecular weight is 277 g/mol. The van der Waals surface area contributed by atoms with Crippen LogP contribution in [0.3, 0.4) is 0 Å². The maximum Gasteiger partial charge on any atom is 0.0970 e. The van der Waals surface area contributed by atoms with Crippen LogP contribution < -0.4 is 5.01 Å². The van der Waals surface area contributed by atoms with E-state index < -0.39 is 0 Å². The third-order valence-electron chi connectivity index (χ3n) is 2.91. The molecule has 0 atom stereocenters. The van der Waals surface area contributed by atoms with E-state index in [-0.39, 0.29) is 0 Å². The summed E-state index contributed by atoms with van der Waals surface area (Å²) in [5.41, 5.74) is 3.10. The van der Waals surface area contributed by atoms with Gasteiger partial charge in [-0.2, -0.15) is 5.10 Å². The van der Waals surface area contributed by atoms with Gasteiger partial charge in [0.25, 0.3) is 0 Å². The Labute approximate surface area is 115 Å². The zero-order valence-corrected chi connectivity index (χ0v) is 11.0. The van der Waals surface area contributed by atoms with Crippen molar-refractivity contribution in [2.24, 2.45) is 5.10 Å². The van der Waals surface area contributed by atoms with Crippen LogP contribution in [-0.4, -0.2) is 6.21 Å². The molecule has 0 bridgehead atoms. The van der Waals surface area contributed by atoms with E-state index in [2.05, 4.69) is 11.2 Å². The highest BCUT2D eigenvalue weighted by atomic mass is 35.5. The molecule has 0 N–H and O–H groups in total. The van der Waals surface area contributed by atoms with Crippen LogP contribution in [0.2, 0.25) is 10.0 Å². The fraction of sp³-hybridized carbons (Fsp3) is 0.0714. The van der Waals surface area contributed by atoms with Crippen LogP contribution in [0.15, 0.2) is 47.6 Å². The first kappa shape index (κ1) is 11.6. The summed E-state index contributed by atoms with van der Waals surface area (Å²) in [7, 11) is 0. The monoisotopic (exact) mass is 276 g/mol. The minimum absolute atomic E-state index is 0.610. The predicted octanol–water partition coefficient (Wildman–Crippen LogP) is 4.35. The number of nitrogens with zero attached hydrogens (tertiary/aromatic N) is 2. The number of hydrogen-bond acceptors (Lipinski definition) is 2. The molecule has 4 heteroatoms. The summed E-state index contributed by atoms with van der Waals surface area (Å²) in [6.45, 7) is 0.677. The van der Waals surface area contributed by atoms with E-state index in [0.29, 0.717) is 16.6 Å². The van der Waals surface area contributed by atoms with E-state index in [1.807, 2.05) is 47.6 Å². The molecule has 2 nitrogen and oxygen atoms in total. The van der Waals surface area contributed by atoms with Crippen molar-refractivity contribution in [3.8, 4) is 0 Å². The van der Waals surface area contributed by atoms with Crippen LogP contribution in [-0.2, 0) is 6.54 Å². The van der Waals surface area contributed by atoms with Gasteiger partial charge < -0.3 is 0 Å². The van der Waals surface area contributed by atoms with Gasteiger partial charge in [0.15, 0.2) is 0 Å². The summed E-state index contributed by atoms with van der Waals surface area (Å²) >= 11 is 12.4. The first-order valence-corrected chi connectivity index (χ1v) is 6.35. The molecule has 1 heterocycles. The highest BCUT2D eigenvalue weighted by Gasteiger charge is 2.17. The number of rotatable bonds is 1. The highest BCUT2D eigenvalue weighted by Crippen LogP contribution is 2.35. The molecule has 0 aromatic heterocycles. The Hall–Kier alpha value is -1.51. The number of hydrazone groups is 1. The molecular formula is C14H10Cl2N2. The van der Waals surface area contributed by atoms with Crippen LogP contribution in [0.25, 0.3) is 0 Å². The van der Waals surface area contributed by atoms with Gasteiger partial charge in [-0.15, -0.1) is 0 Å². The van der Waals surface area contributed by atoms with E-state index in [1.54, 1.807) is 0 Å². The Bertz CT molecular complexity index is 603. The van der Waals surface area contributed by atoms with Crippen LogP contribution in [0.1, 0.15) is 11.1 Å². The Balaban J connectivity index is 2.02. The van der Waals surface area contributed by atoms with Crippen molar-refractivity contribution in [1.29, 1.82) is 0 Å². The van der Waals surface area contributed by atoms with Crippen molar-refractivity contribution in [2.45, 2.75) is 6.54 Å². The first-order chi connectivity index (χ1) is 8.75. The molecule has 0 amide bonds. The lowest BCUT2D eigenvalue weighted by molar-refractivity contribution is 0.843. The van der Waals surface area contributed by atoms with Gasteiger partial charge >= 0.3 is 0 Å². The topological polar surface area (TPSA) is 15.6 Å². The van der Waals surface area contributed by atoms with Gasteiger partial charge in [-0.1, -0.05) is 53.5 Å². The Kier molecular flexibility index (Phi) is 2.98. The summed E-state index contributed by atoms with van der Waals surface area (Å²) in [6, 6.07) is 13.6. The predicted molar refractivity (Wildman–Crippen MR) is 76.7 cm³/mol. The summed E-state index contributed by atoms with van der Waals surface area (Å²) in [4.78, 5) is 0. The van der Waals surface area contributed by atoms with Crippen molar-refractivity contribution in [3.63, 3.8) is 0 Å². The fourth-order valence-electron chi connectivity index (χ4n) is 2.01. The molecule has 1 aliphatic rings. The molecular weight excluding hydrogens is 267 g/mol. The Morgan fingerprint density at radius 3 is 2.44 bits per heavy atom. The lowest BCUT2D eigenvalue weighted by Crippen LogP contribution is -2.21. The summed E-state index contributed by atoms with van der Waals surface area (Å²) in [6.07, 6.45) is 1.83. The van der Waals surface area contributed by atoms with Crippen LogP contribution in [0.5, 0.6) is 0 Å². The fourth-order valence-corrected chi connectivity index (χ4v) is 2.60. The second kappa shape index (κ2) is 4.63. The van der Waals surface area contributed by atoms with Gasteiger partial charge in [0.1, 0.15) is 0 Å². The quantitative estimate of drug-likeness (QED) is 0.756. The second-order valence-corrected chi connectivity index (χ2v) is 4.89. The molecule has 0 fully saturated rings. The molecule has 2 aromatic rings. The molecule has 0 saturated heterocycles. The lowest BCUT2D eigenvalue weighted by Gasteiger charge is -2.25. The number of hydrogen-bond donors (Lipinski definition) is 0. The molecule has 90 valence electrons. The molecule has 1 aliphatic heterocycles. The highest BCUT2D eigenvalue weighted by molar-refractivity contribution is 6.39. The zero-order valence-electron chi connectivity index (χ0n) is 9.48. The van der Waals surface area contributed by atoms with E-state index in [0.717, 1.165) is 11.3 Å². The molecule has 0 spiro atoms. The molecule has 0 saturated carbocycles. The van der Waals surface area contributed by atoms with Crippen molar-refractivity contribution >= 4 is 35.1 Å². The minimum Gasteiger partial charge on any atom is -0.258 e. The van der Waals surface area contributed by atoms with E-state index >= 15 is 0 Å². The third kappa shape index (κ3) is 1.98. The Morgan fingerprint density at radius 1 is 0.944 bits per heavy atom. The van der Waals surface area contributed by atoms with Gasteiger partial charge in [0.05, 0.1) is 28.5 Å². The van der Waals surface area contributed by atoms with Crippen molar-refractivity contribution in [3.05, 3.63) is 63.6 Å². The third-order valence-corrected chi connectivity index (χ3v) is 3.52. The van der Waals surface area contributed by atoms with Crippen LogP contribution in [0.4, 0.5) is 5.69 Å². The number of para-hydroxylation sites is 1. The number of anilines is 1. The molecule has 18 heavy (non-hydrogen) atoms. The Morgan fingerprint density at radius 2 is 1.67 bits per heavy atom. The molecule has 2 aromatic carbocycles. The molecule has 0 radical (unpaired) electrons. The van der Waals surface area contributed by atoms with Gasteiger partial charge in [-0.3, -0.25) is 5.01 Å². The largest absolute Gasteiger partial charge is 0.258 e. The van der Waals surface area contributed by atoms with E-state index in [1.165, 1.54) is 5.56 Å². The average Bonchev–Trinajstić information content (AvgIpc) is 2.38. The standard InChI is InChI=1S/C14H10Cl2N2/c15-12-6-3-7-13(16)14(12)18-9-11-5-2-1-4-10(11)8-17-18/h1-8H,9H2.